The molecule has 1 fully saturated rings. The second kappa shape index (κ2) is 4.43. The fraction of sp³-hybridized carbons (Fsp3) is 1.00. The van der Waals surface area contributed by atoms with Gasteiger partial charge >= 0.3 is 0 Å². The third kappa shape index (κ3) is 3.28. The van der Waals surface area contributed by atoms with E-state index in [4.69, 9.17) is 0 Å². The van der Waals surface area contributed by atoms with E-state index in [1.807, 2.05) is 0 Å². The quantitative estimate of drug-likeness (QED) is 0.654. The van der Waals surface area contributed by atoms with Gasteiger partial charge in [-0.3, -0.25) is 0 Å². The van der Waals surface area contributed by atoms with Crippen LogP contribution in [0.3, 0.4) is 0 Å². The minimum atomic E-state index is -0.217. The van der Waals surface area contributed by atoms with Crippen LogP contribution in [0, 0.1) is 5.41 Å². The van der Waals surface area contributed by atoms with E-state index < -0.39 is 0 Å². The van der Waals surface area contributed by atoms with Gasteiger partial charge in [-0.25, -0.2) is 0 Å². The lowest BCUT2D eigenvalue weighted by atomic mass is 9.83. The van der Waals surface area contributed by atoms with Crippen LogP contribution in [0.25, 0.3) is 0 Å². The Balaban J connectivity index is 2.48. The molecule has 1 aliphatic rings. The summed E-state index contributed by atoms with van der Waals surface area (Å²) in [7, 11) is 0. The van der Waals surface area contributed by atoms with Crippen molar-refractivity contribution in [2.24, 2.45) is 5.41 Å². The lowest BCUT2D eigenvalue weighted by Crippen LogP contribution is -2.46. The predicted octanol–water partition coefficient (Wildman–Crippen LogP) is 1.93. The number of aliphatic hydroxyl groups is 1. The molecule has 0 aliphatic carbocycles. The lowest BCUT2D eigenvalue weighted by Gasteiger charge is -2.32. The molecule has 0 aromatic rings. The number of hydrogen-bond donors (Lipinski definition) is 2. The largest absolute Gasteiger partial charge is 0.391 e. The molecule has 2 nitrogen and oxygen atoms in total. The van der Waals surface area contributed by atoms with Gasteiger partial charge < -0.3 is 10.4 Å². The van der Waals surface area contributed by atoms with Crippen molar-refractivity contribution in [3.05, 3.63) is 0 Å². The molecular formula is C11H23NO. The summed E-state index contributed by atoms with van der Waals surface area (Å²) < 4.78 is 0. The van der Waals surface area contributed by atoms with Crippen LogP contribution < -0.4 is 5.32 Å². The molecule has 78 valence electrons. The first kappa shape index (κ1) is 11.0. The van der Waals surface area contributed by atoms with Gasteiger partial charge in [0.15, 0.2) is 0 Å². The van der Waals surface area contributed by atoms with E-state index in [1.54, 1.807) is 0 Å². The van der Waals surface area contributed by atoms with Crippen LogP contribution in [0.15, 0.2) is 0 Å². The lowest BCUT2D eigenvalue weighted by molar-refractivity contribution is 0.0277. The summed E-state index contributed by atoms with van der Waals surface area (Å²) in [6.07, 6.45) is 4.72. The Hall–Kier alpha value is -0.0800. The number of rotatable bonds is 1. The first-order chi connectivity index (χ1) is 6.02. The highest BCUT2D eigenvalue weighted by molar-refractivity contribution is 4.85. The molecule has 1 saturated heterocycles. The molecule has 0 aromatic heterocycles. The van der Waals surface area contributed by atoms with Gasteiger partial charge in [-0.15, -0.1) is 0 Å². The molecule has 1 aliphatic heterocycles. The minimum Gasteiger partial charge on any atom is -0.391 e. The van der Waals surface area contributed by atoms with Gasteiger partial charge in [-0.1, -0.05) is 33.6 Å². The van der Waals surface area contributed by atoms with E-state index in [0.29, 0.717) is 6.04 Å². The predicted molar refractivity (Wildman–Crippen MR) is 55.7 cm³/mol. The smallest absolute Gasteiger partial charge is 0.0741 e. The van der Waals surface area contributed by atoms with E-state index in [-0.39, 0.29) is 11.5 Å². The van der Waals surface area contributed by atoms with Crippen molar-refractivity contribution in [3.8, 4) is 0 Å². The molecule has 2 heteroatoms. The van der Waals surface area contributed by atoms with Crippen molar-refractivity contribution in [2.75, 3.05) is 6.54 Å². The van der Waals surface area contributed by atoms with E-state index in [1.165, 1.54) is 19.3 Å². The highest BCUT2D eigenvalue weighted by Gasteiger charge is 2.30. The van der Waals surface area contributed by atoms with Crippen LogP contribution >= 0.6 is 0 Å². The number of hydrogen-bond acceptors (Lipinski definition) is 2. The molecule has 13 heavy (non-hydrogen) atoms. The molecule has 0 radical (unpaired) electrons. The Labute approximate surface area is 81.7 Å². The van der Waals surface area contributed by atoms with Gasteiger partial charge in [0.05, 0.1) is 6.10 Å². The average Bonchev–Trinajstić information content (AvgIpc) is 2.28. The zero-order valence-electron chi connectivity index (χ0n) is 9.14. The first-order valence-corrected chi connectivity index (χ1v) is 5.43. The van der Waals surface area contributed by atoms with E-state index in [0.717, 1.165) is 13.0 Å². The maximum atomic E-state index is 10.1. The Morgan fingerprint density at radius 2 is 1.92 bits per heavy atom. The van der Waals surface area contributed by atoms with Crippen LogP contribution in [0.4, 0.5) is 0 Å². The molecule has 0 spiro atoms. The molecule has 0 amide bonds. The number of nitrogens with one attached hydrogen (secondary N) is 1. The highest BCUT2D eigenvalue weighted by atomic mass is 16.3. The zero-order chi connectivity index (χ0) is 9.90. The van der Waals surface area contributed by atoms with Crippen molar-refractivity contribution >= 4 is 0 Å². The van der Waals surface area contributed by atoms with E-state index >= 15 is 0 Å². The summed E-state index contributed by atoms with van der Waals surface area (Å²) in [6.45, 7) is 7.37. The second-order valence-corrected chi connectivity index (χ2v) is 5.22. The highest BCUT2D eigenvalue weighted by Crippen LogP contribution is 2.25. The zero-order valence-corrected chi connectivity index (χ0v) is 9.14. The minimum absolute atomic E-state index is 0.00199. The summed E-state index contributed by atoms with van der Waals surface area (Å²) >= 11 is 0. The van der Waals surface area contributed by atoms with Gasteiger partial charge in [0.25, 0.3) is 0 Å². The standard InChI is InChI=1S/C11H23NO/c1-11(2,3)10(13)9-7-5-4-6-8-12-9/h9-10,12-13H,4-8H2,1-3H3. The Morgan fingerprint density at radius 3 is 2.54 bits per heavy atom. The maximum Gasteiger partial charge on any atom is 0.0741 e. The van der Waals surface area contributed by atoms with Crippen molar-refractivity contribution < 1.29 is 5.11 Å². The molecule has 2 N–H and O–H groups in total. The molecule has 2 atom stereocenters. The van der Waals surface area contributed by atoms with Gasteiger partial charge in [-0.05, 0) is 24.8 Å². The monoisotopic (exact) mass is 185 g/mol. The van der Waals surface area contributed by atoms with Crippen LogP contribution in [-0.2, 0) is 0 Å². The molecule has 1 heterocycles. The summed E-state index contributed by atoms with van der Waals surface area (Å²) in [5.74, 6) is 0. The van der Waals surface area contributed by atoms with Gasteiger partial charge in [0.1, 0.15) is 0 Å². The van der Waals surface area contributed by atoms with E-state index in [2.05, 4.69) is 26.1 Å². The Kier molecular flexibility index (Phi) is 3.74. The van der Waals surface area contributed by atoms with Crippen molar-refractivity contribution in [2.45, 2.75) is 58.6 Å². The van der Waals surface area contributed by atoms with Crippen molar-refractivity contribution in [1.29, 1.82) is 0 Å². The molecule has 0 aromatic carbocycles. The second-order valence-electron chi connectivity index (χ2n) is 5.22. The number of aliphatic hydroxyl groups excluding tert-OH is 1. The maximum absolute atomic E-state index is 10.1. The summed E-state index contributed by atoms with van der Waals surface area (Å²) in [4.78, 5) is 0. The first-order valence-electron chi connectivity index (χ1n) is 5.43. The fourth-order valence-electron chi connectivity index (χ4n) is 1.93. The molecule has 2 unspecified atom stereocenters. The van der Waals surface area contributed by atoms with Crippen LogP contribution in [0.5, 0.6) is 0 Å². The van der Waals surface area contributed by atoms with E-state index in [9.17, 15) is 5.11 Å². The topological polar surface area (TPSA) is 32.3 Å². The third-order valence-corrected chi connectivity index (χ3v) is 2.87. The Bertz CT molecular complexity index is 143. The SMILES string of the molecule is CC(C)(C)C(O)C1CCCCCN1. The van der Waals surface area contributed by atoms with Gasteiger partial charge in [0, 0.05) is 6.04 Å². The average molecular weight is 185 g/mol. The van der Waals surface area contributed by atoms with Gasteiger partial charge in [-0.2, -0.15) is 0 Å². The summed E-state index contributed by atoms with van der Waals surface area (Å²) in [6, 6.07) is 0.308. The van der Waals surface area contributed by atoms with Crippen LogP contribution in [0.1, 0.15) is 46.5 Å². The fourth-order valence-corrected chi connectivity index (χ4v) is 1.93. The summed E-state index contributed by atoms with van der Waals surface area (Å²) in [5.41, 5.74) is 0.00199. The third-order valence-electron chi connectivity index (χ3n) is 2.87. The summed E-state index contributed by atoms with van der Waals surface area (Å²) in [5, 5.41) is 13.5. The molecule has 0 saturated carbocycles. The van der Waals surface area contributed by atoms with Crippen LogP contribution in [0.2, 0.25) is 0 Å². The normalized spacial score (nSPS) is 28.2. The molecule has 0 bridgehead atoms. The molecular weight excluding hydrogens is 162 g/mol. The van der Waals surface area contributed by atoms with Gasteiger partial charge in [0.2, 0.25) is 0 Å². The van der Waals surface area contributed by atoms with Crippen molar-refractivity contribution in [1.82, 2.24) is 5.32 Å². The van der Waals surface area contributed by atoms with Crippen molar-refractivity contribution in [3.63, 3.8) is 0 Å². The van der Waals surface area contributed by atoms with Crippen LogP contribution in [-0.4, -0.2) is 23.8 Å². The molecule has 1 rings (SSSR count). The Morgan fingerprint density at radius 1 is 1.23 bits per heavy atom.